The van der Waals surface area contributed by atoms with E-state index in [-0.39, 0.29) is 12.1 Å². The van der Waals surface area contributed by atoms with Crippen molar-refractivity contribution in [2.75, 3.05) is 31.7 Å². The van der Waals surface area contributed by atoms with Crippen molar-refractivity contribution in [1.29, 1.82) is 0 Å². The highest BCUT2D eigenvalue weighted by Crippen LogP contribution is 2.42. The molecule has 0 radical (unpaired) electrons. The summed E-state index contributed by atoms with van der Waals surface area (Å²) in [6.07, 6.45) is 5.73. The van der Waals surface area contributed by atoms with Crippen LogP contribution in [-0.2, 0) is 11.2 Å². The first kappa shape index (κ1) is 20.0. The Morgan fingerprint density at radius 3 is 2.72 bits per heavy atom. The number of carbonyl (C=O) groups excluding carboxylic acids is 1. The van der Waals surface area contributed by atoms with Crippen LogP contribution in [0.2, 0.25) is 0 Å². The molecule has 2 fully saturated rings. The minimum atomic E-state index is -0.325. The van der Waals surface area contributed by atoms with Crippen molar-refractivity contribution in [2.45, 2.75) is 51.6 Å². The quantitative estimate of drug-likeness (QED) is 0.565. The Labute approximate surface area is 172 Å². The van der Waals surface area contributed by atoms with Crippen LogP contribution in [0.3, 0.4) is 0 Å². The van der Waals surface area contributed by atoms with Crippen LogP contribution in [-0.4, -0.2) is 50.0 Å². The van der Waals surface area contributed by atoms with Gasteiger partial charge >= 0.3 is 6.09 Å². The molecule has 1 aliphatic carbocycles. The molecule has 1 aromatic rings. The lowest BCUT2D eigenvalue weighted by molar-refractivity contribution is 0.175. The summed E-state index contributed by atoms with van der Waals surface area (Å²) in [6.45, 7) is 6.78. The highest BCUT2D eigenvalue weighted by atomic mass is 16.5. The topological polar surface area (TPSA) is 80.1 Å². The second-order valence-corrected chi connectivity index (χ2v) is 8.49. The number of hydrazine groups is 1. The van der Waals surface area contributed by atoms with Crippen LogP contribution >= 0.6 is 0 Å². The number of amides is 1. The van der Waals surface area contributed by atoms with E-state index in [4.69, 9.17) is 15.3 Å². The van der Waals surface area contributed by atoms with Gasteiger partial charge < -0.3 is 19.8 Å². The third-order valence-electron chi connectivity index (χ3n) is 6.18. The van der Waals surface area contributed by atoms with E-state index in [9.17, 15) is 4.79 Å². The highest BCUT2D eigenvalue weighted by molar-refractivity contribution is 5.91. The molecule has 7 nitrogen and oxygen atoms in total. The number of nitrogens with two attached hydrogens (primary N) is 1. The normalized spacial score (nSPS) is 22.0. The van der Waals surface area contributed by atoms with Crippen LogP contribution in [0.25, 0.3) is 5.57 Å². The molecule has 1 saturated carbocycles. The van der Waals surface area contributed by atoms with Gasteiger partial charge in [-0.1, -0.05) is 0 Å². The smallest absolute Gasteiger partial charge is 0.414 e. The lowest BCUT2D eigenvalue weighted by Crippen LogP contribution is -2.45. The van der Waals surface area contributed by atoms with Crippen molar-refractivity contribution in [3.63, 3.8) is 0 Å². The van der Waals surface area contributed by atoms with E-state index >= 15 is 0 Å². The molecule has 7 heteroatoms. The van der Waals surface area contributed by atoms with E-state index in [2.05, 4.69) is 19.2 Å². The van der Waals surface area contributed by atoms with Crippen LogP contribution in [0.5, 0.6) is 5.75 Å². The SMILES string of the molecule is COC(=O)N1c2ccc(/C(C)=C/N(N)C3CC3)c(OCC3CNC3)c2CC[C@@H]1C. The maximum atomic E-state index is 12.4. The number of ether oxygens (including phenoxy) is 2. The van der Waals surface area contributed by atoms with Gasteiger partial charge in [-0.3, -0.25) is 4.90 Å². The summed E-state index contributed by atoms with van der Waals surface area (Å²) >= 11 is 0. The number of hydrogen-bond acceptors (Lipinski definition) is 6. The minimum absolute atomic E-state index is 0.0931. The van der Waals surface area contributed by atoms with E-state index in [1.165, 1.54) is 7.11 Å². The lowest BCUT2D eigenvalue weighted by atomic mass is 9.92. The molecule has 4 rings (SSSR count). The van der Waals surface area contributed by atoms with E-state index in [0.717, 1.165) is 66.9 Å². The summed E-state index contributed by atoms with van der Waals surface area (Å²) in [6, 6.07) is 4.61. The Hall–Kier alpha value is -2.25. The van der Waals surface area contributed by atoms with Crippen molar-refractivity contribution in [3.8, 4) is 5.75 Å². The number of allylic oxidation sites excluding steroid dienone is 1. The maximum absolute atomic E-state index is 12.4. The fourth-order valence-corrected chi connectivity index (χ4v) is 4.10. The molecule has 2 heterocycles. The van der Waals surface area contributed by atoms with Gasteiger partial charge in [0.05, 0.1) is 19.4 Å². The number of benzene rings is 1. The number of anilines is 1. The first-order valence-corrected chi connectivity index (χ1v) is 10.6. The minimum Gasteiger partial charge on any atom is -0.492 e. The molecule has 1 aromatic carbocycles. The number of fused-ring (bicyclic) bond motifs is 1. The molecule has 29 heavy (non-hydrogen) atoms. The lowest BCUT2D eigenvalue weighted by Gasteiger charge is -2.36. The van der Waals surface area contributed by atoms with Gasteiger partial charge in [0.15, 0.2) is 0 Å². The molecule has 3 aliphatic rings. The Kier molecular flexibility index (Phi) is 5.69. The van der Waals surface area contributed by atoms with Gasteiger partial charge in [0.1, 0.15) is 5.75 Å². The molecular weight excluding hydrogens is 368 g/mol. The number of methoxy groups -OCH3 is 1. The fourth-order valence-electron chi connectivity index (χ4n) is 4.10. The van der Waals surface area contributed by atoms with Crippen molar-refractivity contribution in [2.24, 2.45) is 11.8 Å². The Balaban J connectivity index is 1.71. The average Bonchev–Trinajstić information content (AvgIpc) is 3.51. The van der Waals surface area contributed by atoms with Crippen molar-refractivity contribution >= 4 is 17.4 Å². The summed E-state index contributed by atoms with van der Waals surface area (Å²) in [5.74, 6) is 7.60. The molecule has 158 valence electrons. The zero-order valence-electron chi connectivity index (χ0n) is 17.6. The van der Waals surface area contributed by atoms with E-state index in [1.807, 2.05) is 23.3 Å². The second kappa shape index (κ2) is 8.24. The van der Waals surface area contributed by atoms with E-state index in [1.54, 1.807) is 4.90 Å². The van der Waals surface area contributed by atoms with Gasteiger partial charge in [-0.05, 0) is 57.2 Å². The highest BCUT2D eigenvalue weighted by Gasteiger charge is 2.33. The third kappa shape index (κ3) is 4.07. The zero-order valence-corrected chi connectivity index (χ0v) is 17.6. The van der Waals surface area contributed by atoms with Gasteiger partial charge in [-0.15, -0.1) is 0 Å². The zero-order chi connectivity index (χ0) is 20.5. The maximum Gasteiger partial charge on any atom is 0.414 e. The van der Waals surface area contributed by atoms with Crippen molar-refractivity contribution in [3.05, 3.63) is 29.5 Å². The summed E-state index contributed by atoms with van der Waals surface area (Å²) in [4.78, 5) is 14.2. The predicted molar refractivity (Wildman–Crippen MR) is 114 cm³/mol. The number of hydrogen-bond donors (Lipinski definition) is 2. The van der Waals surface area contributed by atoms with Gasteiger partial charge in [-0.25, -0.2) is 10.6 Å². The summed E-state index contributed by atoms with van der Waals surface area (Å²) < 4.78 is 11.4. The van der Waals surface area contributed by atoms with Gasteiger partial charge in [-0.2, -0.15) is 0 Å². The average molecular weight is 401 g/mol. The summed E-state index contributed by atoms with van der Waals surface area (Å²) in [7, 11) is 1.43. The fraction of sp³-hybridized carbons (Fsp3) is 0.591. The van der Waals surface area contributed by atoms with Crippen LogP contribution in [0.1, 0.15) is 44.2 Å². The standard InChI is InChI=1S/C22H32N4O3/c1-14(12-25(23)17-5-6-17)18-8-9-20-19(21(18)29-13-16-10-24-11-16)7-4-15(2)26(20)22(27)28-3/h8-9,12,15-17,24H,4-7,10-11,13,23H2,1-3H3/b14-12+/t15-/m0/s1. The predicted octanol–water partition coefficient (Wildman–Crippen LogP) is 2.89. The third-order valence-corrected chi connectivity index (χ3v) is 6.18. The molecule has 1 atom stereocenters. The number of nitrogens with one attached hydrogen (secondary N) is 1. The molecule has 1 amide bonds. The second-order valence-electron chi connectivity index (χ2n) is 8.49. The molecular formula is C22H32N4O3. The Morgan fingerprint density at radius 1 is 1.34 bits per heavy atom. The number of carbonyl (C=O) groups is 1. The largest absolute Gasteiger partial charge is 0.492 e. The number of rotatable bonds is 6. The molecule has 0 aromatic heterocycles. The van der Waals surface area contributed by atoms with E-state index in [0.29, 0.717) is 18.6 Å². The van der Waals surface area contributed by atoms with Crippen molar-refractivity contribution < 1.29 is 14.3 Å². The monoisotopic (exact) mass is 400 g/mol. The molecule has 0 unspecified atom stereocenters. The summed E-state index contributed by atoms with van der Waals surface area (Å²) in [5, 5.41) is 5.11. The summed E-state index contributed by atoms with van der Waals surface area (Å²) in [5.41, 5.74) is 4.10. The molecule has 3 N–H and O–H groups in total. The Bertz CT molecular complexity index is 801. The van der Waals surface area contributed by atoms with E-state index < -0.39 is 0 Å². The first-order chi connectivity index (χ1) is 14.0. The van der Waals surface area contributed by atoms with Crippen LogP contribution in [0.15, 0.2) is 18.3 Å². The van der Waals surface area contributed by atoms with Gasteiger partial charge in [0.25, 0.3) is 0 Å². The molecule has 0 spiro atoms. The van der Waals surface area contributed by atoms with Gasteiger partial charge in [0.2, 0.25) is 0 Å². The van der Waals surface area contributed by atoms with Crippen LogP contribution in [0, 0.1) is 5.92 Å². The van der Waals surface area contributed by atoms with Gasteiger partial charge in [0, 0.05) is 48.4 Å². The van der Waals surface area contributed by atoms with Crippen molar-refractivity contribution in [1.82, 2.24) is 10.3 Å². The van der Waals surface area contributed by atoms with Crippen LogP contribution in [0.4, 0.5) is 10.5 Å². The molecule has 0 bridgehead atoms. The molecule has 2 aliphatic heterocycles. The molecule has 1 saturated heterocycles. The first-order valence-electron chi connectivity index (χ1n) is 10.6. The number of nitrogens with zero attached hydrogens (tertiary/aromatic N) is 2. The van der Waals surface area contributed by atoms with Crippen LogP contribution < -0.4 is 20.8 Å². The Morgan fingerprint density at radius 2 is 2.10 bits per heavy atom.